The zero-order valence-electron chi connectivity index (χ0n) is 17.1. The van der Waals surface area contributed by atoms with E-state index in [-0.39, 0.29) is 0 Å². The summed E-state index contributed by atoms with van der Waals surface area (Å²) in [6.07, 6.45) is 1.61. The predicted molar refractivity (Wildman–Crippen MR) is 115 cm³/mol. The fourth-order valence-corrected chi connectivity index (χ4v) is 3.66. The van der Waals surface area contributed by atoms with Crippen LogP contribution in [0.2, 0.25) is 0 Å². The largest absolute Gasteiger partial charge is 0.497 e. The average molecular weight is 410 g/mol. The lowest BCUT2D eigenvalue weighted by Gasteiger charge is -2.15. The number of carbonyl (C=O) groups is 2. The van der Waals surface area contributed by atoms with E-state index in [1.54, 1.807) is 51.5 Å². The summed E-state index contributed by atoms with van der Waals surface area (Å²) in [7, 11) is 1.63. The molecule has 0 aliphatic heterocycles. The van der Waals surface area contributed by atoms with Crippen LogP contribution in [0.25, 0.3) is 21.7 Å². The van der Waals surface area contributed by atoms with Crippen LogP contribution in [0, 0.1) is 12.3 Å². The van der Waals surface area contributed by atoms with Gasteiger partial charge < -0.3 is 10.1 Å². The zero-order valence-corrected chi connectivity index (χ0v) is 17.9. The van der Waals surface area contributed by atoms with Gasteiger partial charge in [0, 0.05) is 17.2 Å². The third kappa shape index (κ3) is 4.68. The molecular weight excluding hydrogens is 386 g/mol. The zero-order chi connectivity index (χ0) is 21.2. The van der Waals surface area contributed by atoms with Crippen LogP contribution in [0.3, 0.4) is 0 Å². The number of amides is 1. The molecule has 0 saturated heterocycles. The van der Waals surface area contributed by atoms with E-state index in [2.05, 4.69) is 15.3 Å². The van der Waals surface area contributed by atoms with Gasteiger partial charge in [0.2, 0.25) is 5.78 Å². The molecule has 3 aromatic rings. The minimum atomic E-state index is -0.752. The molecule has 0 unspecified atom stereocenters. The number of aryl methyl sites for hydroxylation is 1. The van der Waals surface area contributed by atoms with E-state index in [1.807, 2.05) is 37.3 Å². The lowest BCUT2D eigenvalue weighted by molar-refractivity contribution is -0.139. The number of ether oxygens (including phenoxy) is 1. The first-order chi connectivity index (χ1) is 13.7. The Morgan fingerprint density at radius 3 is 2.38 bits per heavy atom. The van der Waals surface area contributed by atoms with Crippen LogP contribution < -0.4 is 10.1 Å². The summed E-state index contributed by atoms with van der Waals surface area (Å²) in [5.41, 5.74) is 1.94. The number of Topliss-reactive ketones (excluding diaryl/α,β-unsaturated/α-hetero) is 1. The van der Waals surface area contributed by atoms with Crippen molar-refractivity contribution in [2.45, 2.75) is 27.7 Å². The Labute approximate surface area is 174 Å². The first-order valence-electron chi connectivity index (χ1n) is 9.13. The van der Waals surface area contributed by atoms with Gasteiger partial charge >= 0.3 is 0 Å². The van der Waals surface area contributed by atoms with Crippen molar-refractivity contribution in [2.24, 2.45) is 5.41 Å². The predicted octanol–water partition coefficient (Wildman–Crippen LogP) is 4.74. The van der Waals surface area contributed by atoms with Crippen molar-refractivity contribution in [2.75, 3.05) is 12.4 Å². The normalized spacial score (nSPS) is 11.2. The lowest BCUT2D eigenvalue weighted by Crippen LogP contribution is -2.33. The summed E-state index contributed by atoms with van der Waals surface area (Å²) in [5.74, 6) is -0.0493. The molecule has 29 heavy (non-hydrogen) atoms. The lowest BCUT2D eigenvalue weighted by atomic mass is 9.90. The fraction of sp³-hybridized carbons (Fsp3) is 0.273. The molecule has 2 heterocycles. The Morgan fingerprint density at radius 1 is 1.07 bits per heavy atom. The number of nitrogens with one attached hydrogen (secondary N) is 1. The molecule has 0 aliphatic rings. The van der Waals surface area contributed by atoms with Gasteiger partial charge in [-0.15, -0.1) is 11.3 Å². The molecule has 3 rings (SSSR count). The number of carbonyl (C=O) groups excluding carboxylic acids is 2. The van der Waals surface area contributed by atoms with Crippen LogP contribution in [-0.4, -0.2) is 28.8 Å². The number of pyridine rings is 1. The number of hydrogen-bond acceptors (Lipinski definition) is 6. The van der Waals surface area contributed by atoms with Gasteiger partial charge in [-0.25, -0.2) is 9.97 Å². The van der Waals surface area contributed by atoms with Crippen molar-refractivity contribution < 1.29 is 14.3 Å². The monoisotopic (exact) mass is 409 g/mol. The summed E-state index contributed by atoms with van der Waals surface area (Å²) in [6, 6.07) is 11.3. The molecule has 0 radical (unpaired) electrons. The van der Waals surface area contributed by atoms with Gasteiger partial charge in [-0.05, 0) is 48.9 Å². The second kappa shape index (κ2) is 8.13. The average Bonchev–Trinajstić information content (AvgIpc) is 3.08. The molecule has 0 atom stereocenters. The smallest absolute Gasteiger partial charge is 0.293 e. The van der Waals surface area contributed by atoms with Gasteiger partial charge in [0.05, 0.1) is 22.7 Å². The Balaban J connectivity index is 1.93. The highest BCUT2D eigenvalue weighted by atomic mass is 32.1. The molecule has 0 saturated carbocycles. The molecule has 1 amide bonds. The third-order valence-corrected chi connectivity index (χ3v) is 5.27. The molecule has 0 spiro atoms. The number of thiazole rings is 1. The number of methoxy groups -OCH3 is 1. The summed E-state index contributed by atoms with van der Waals surface area (Å²) in [6.45, 7) is 7.08. The summed E-state index contributed by atoms with van der Waals surface area (Å²) in [4.78, 5) is 34.2. The van der Waals surface area contributed by atoms with Crippen LogP contribution in [0.1, 0.15) is 25.8 Å². The minimum absolute atomic E-state index is 0.330. The van der Waals surface area contributed by atoms with E-state index >= 15 is 0 Å². The maximum Gasteiger partial charge on any atom is 0.293 e. The molecule has 1 aromatic carbocycles. The molecular formula is C22H23N3O3S. The van der Waals surface area contributed by atoms with E-state index in [1.165, 1.54) is 0 Å². The maximum absolute atomic E-state index is 12.2. The number of hydrogen-bond donors (Lipinski definition) is 1. The fourth-order valence-electron chi connectivity index (χ4n) is 2.72. The van der Waals surface area contributed by atoms with Crippen molar-refractivity contribution in [1.82, 2.24) is 9.97 Å². The topological polar surface area (TPSA) is 81.2 Å². The SMILES string of the molecule is COc1ccc(-c2nc(C)sc2-c2ccnc(NC(=O)C(=O)C(C)(C)C)c2)cc1. The van der Waals surface area contributed by atoms with Gasteiger partial charge in [0.1, 0.15) is 11.6 Å². The second-order valence-electron chi connectivity index (χ2n) is 7.60. The molecule has 7 heteroatoms. The van der Waals surface area contributed by atoms with Gasteiger partial charge in [-0.3, -0.25) is 9.59 Å². The van der Waals surface area contributed by atoms with E-state index in [9.17, 15) is 9.59 Å². The molecule has 1 N–H and O–H groups in total. The molecule has 6 nitrogen and oxygen atoms in total. The number of aromatic nitrogens is 2. The van der Waals surface area contributed by atoms with Gasteiger partial charge in [0.25, 0.3) is 5.91 Å². The number of rotatable bonds is 5. The van der Waals surface area contributed by atoms with Gasteiger partial charge in [-0.2, -0.15) is 0 Å². The third-order valence-electron chi connectivity index (χ3n) is 4.25. The molecule has 0 fully saturated rings. The first-order valence-corrected chi connectivity index (χ1v) is 9.95. The van der Waals surface area contributed by atoms with Crippen LogP contribution >= 0.6 is 11.3 Å². The van der Waals surface area contributed by atoms with Crippen LogP contribution in [-0.2, 0) is 9.59 Å². The molecule has 2 aromatic heterocycles. The van der Waals surface area contributed by atoms with Crippen LogP contribution in [0.15, 0.2) is 42.6 Å². The van der Waals surface area contributed by atoms with Crippen LogP contribution in [0.5, 0.6) is 5.75 Å². The highest BCUT2D eigenvalue weighted by Gasteiger charge is 2.28. The Bertz CT molecular complexity index is 1050. The van der Waals surface area contributed by atoms with E-state index in [0.29, 0.717) is 5.82 Å². The van der Waals surface area contributed by atoms with E-state index < -0.39 is 17.1 Å². The molecule has 0 aliphatic carbocycles. The Morgan fingerprint density at radius 2 is 1.76 bits per heavy atom. The van der Waals surface area contributed by atoms with Crippen molar-refractivity contribution in [3.63, 3.8) is 0 Å². The van der Waals surface area contributed by atoms with E-state index in [4.69, 9.17) is 4.74 Å². The van der Waals surface area contributed by atoms with Crippen molar-refractivity contribution >= 4 is 28.8 Å². The Hall–Kier alpha value is -3.06. The molecule has 0 bridgehead atoms. The van der Waals surface area contributed by atoms with Crippen molar-refractivity contribution in [3.8, 4) is 27.4 Å². The summed E-state index contributed by atoms with van der Waals surface area (Å²) >= 11 is 1.56. The number of nitrogens with zero attached hydrogens (tertiary/aromatic N) is 2. The highest BCUT2D eigenvalue weighted by Crippen LogP contribution is 2.37. The quantitative estimate of drug-likeness (QED) is 0.616. The van der Waals surface area contributed by atoms with Crippen LogP contribution in [0.4, 0.5) is 5.82 Å². The number of ketones is 1. The Kier molecular flexibility index (Phi) is 5.79. The first kappa shape index (κ1) is 20.7. The summed E-state index contributed by atoms with van der Waals surface area (Å²) in [5, 5.41) is 3.53. The highest BCUT2D eigenvalue weighted by molar-refractivity contribution is 7.15. The molecule has 150 valence electrons. The minimum Gasteiger partial charge on any atom is -0.497 e. The second-order valence-corrected chi connectivity index (χ2v) is 8.81. The number of anilines is 1. The number of benzene rings is 1. The van der Waals surface area contributed by atoms with Crippen molar-refractivity contribution in [3.05, 3.63) is 47.6 Å². The van der Waals surface area contributed by atoms with Gasteiger partial charge in [0.15, 0.2) is 0 Å². The van der Waals surface area contributed by atoms with Gasteiger partial charge in [-0.1, -0.05) is 20.8 Å². The van der Waals surface area contributed by atoms with Crippen molar-refractivity contribution in [1.29, 1.82) is 0 Å². The maximum atomic E-state index is 12.2. The standard InChI is InChI=1S/C22H23N3O3S/c1-13-24-18(14-6-8-16(28-5)9-7-14)19(29-13)15-10-11-23-17(12-15)25-21(27)20(26)22(2,3)4/h6-12H,1-5H3,(H,23,25,27). The van der Waals surface area contributed by atoms with E-state index in [0.717, 1.165) is 32.5 Å². The summed E-state index contributed by atoms with van der Waals surface area (Å²) < 4.78 is 5.23.